The molecule has 1 saturated carbocycles. The van der Waals surface area contributed by atoms with Gasteiger partial charge in [0.2, 0.25) is 11.9 Å². The first-order valence-electron chi connectivity index (χ1n) is 11.2. The van der Waals surface area contributed by atoms with Crippen molar-refractivity contribution in [1.29, 1.82) is 0 Å². The number of nitrogens with zero attached hydrogens (tertiary/aromatic N) is 1. The van der Waals surface area contributed by atoms with Gasteiger partial charge in [0.05, 0.1) is 5.52 Å². The van der Waals surface area contributed by atoms with Gasteiger partial charge in [-0.15, -0.1) is 0 Å². The first-order valence-corrected chi connectivity index (χ1v) is 13.0. The Bertz CT molecular complexity index is 1320. The number of rotatable bonds is 4. The molecule has 2 bridgehead atoms. The van der Waals surface area contributed by atoms with Crippen LogP contribution in [0.5, 0.6) is 0 Å². The maximum Gasteiger partial charge on any atom is 0.480 e. The maximum absolute atomic E-state index is 13.9. The van der Waals surface area contributed by atoms with E-state index in [1.807, 2.05) is 6.07 Å². The van der Waals surface area contributed by atoms with Crippen LogP contribution in [0.2, 0.25) is 5.02 Å². The first-order chi connectivity index (χ1) is 16.4. The van der Waals surface area contributed by atoms with Gasteiger partial charge in [0, 0.05) is 28.2 Å². The Morgan fingerprint density at radius 3 is 2.50 bits per heavy atom. The van der Waals surface area contributed by atoms with E-state index in [-0.39, 0.29) is 17.7 Å². The predicted molar refractivity (Wildman–Crippen MR) is 124 cm³/mol. The number of fused-ring (bicyclic) bond motifs is 2. The third-order valence-corrected chi connectivity index (χ3v) is 8.71. The van der Waals surface area contributed by atoms with Crippen molar-refractivity contribution in [3.05, 3.63) is 71.1 Å². The number of phosphoric acid groups is 1. The number of hydrogen-bond acceptors (Lipinski definition) is 6. The molecule has 3 saturated heterocycles. The molecule has 7 rings (SSSR count). The largest absolute Gasteiger partial charge is 0.480 e. The number of hydrogen-bond donors (Lipinski definition) is 1. The maximum atomic E-state index is 13.9. The van der Waals surface area contributed by atoms with Crippen molar-refractivity contribution in [2.75, 3.05) is 5.32 Å². The fourth-order valence-corrected chi connectivity index (χ4v) is 7.06. The monoisotopic (exact) mass is 502 g/mol. The number of aromatic nitrogens is 1. The fraction of sp³-hybridized carbons (Fsp3) is 0.333. The van der Waals surface area contributed by atoms with Crippen LogP contribution in [-0.4, -0.2) is 22.8 Å². The van der Waals surface area contributed by atoms with Crippen molar-refractivity contribution in [2.45, 2.75) is 43.5 Å². The van der Waals surface area contributed by atoms with Gasteiger partial charge in [-0.25, -0.2) is 8.96 Å². The third kappa shape index (κ3) is 3.56. The van der Waals surface area contributed by atoms with Gasteiger partial charge >= 0.3 is 7.82 Å². The summed E-state index contributed by atoms with van der Waals surface area (Å²) >= 11 is 5.94. The van der Waals surface area contributed by atoms with Crippen LogP contribution in [0.4, 0.5) is 10.1 Å². The second-order valence-electron chi connectivity index (χ2n) is 8.95. The Labute approximate surface area is 200 Å². The molecule has 2 aromatic carbocycles. The number of carbonyl (C=O) groups is 1. The molecule has 0 spiro atoms. The molecule has 3 aromatic rings. The van der Waals surface area contributed by atoms with E-state index in [0.29, 0.717) is 23.6 Å². The lowest BCUT2D eigenvalue weighted by Crippen LogP contribution is -2.56. The van der Waals surface area contributed by atoms with Crippen LogP contribution in [0.3, 0.4) is 0 Å². The summed E-state index contributed by atoms with van der Waals surface area (Å²) in [4.78, 5) is 17.8. The molecular formula is C24H21ClFN2O5P. The van der Waals surface area contributed by atoms with E-state index in [1.165, 1.54) is 12.1 Å². The highest BCUT2D eigenvalue weighted by Gasteiger charge is 2.74. The Morgan fingerprint density at radius 1 is 1.09 bits per heavy atom. The lowest BCUT2D eigenvalue weighted by Gasteiger charge is -2.39. The number of nitrogens with one attached hydrogen (secondary N) is 1. The van der Waals surface area contributed by atoms with Crippen molar-refractivity contribution in [3.8, 4) is 0 Å². The van der Waals surface area contributed by atoms with Gasteiger partial charge in [-0.3, -0.25) is 23.3 Å². The highest BCUT2D eigenvalue weighted by molar-refractivity contribution is 7.50. The van der Waals surface area contributed by atoms with Crippen molar-refractivity contribution in [3.63, 3.8) is 0 Å². The lowest BCUT2D eigenvalue weighted by atomic mass is 9.70. The number of phosphoric ester groups is 1. The van der Waals surface area contributed by atoms with Gasteiger partial charge in [0.15, 0.2) is 0 Å². The Balaban J connectivity index is 1.25. The van der Waals surface area contributed by atoms with Crippen molar-refractivity contribution >= 4 is 41.9 Å². The minimum absolute atomic E-state index is 0.175. The number of amides is 1. The SMILES string of the molecule is O=C(Nc1ccc(Cl)cc1)C1(C2CCC(c3ccnc4ccc(F)cc34)CC2)OP2(=O)OC1O2. The lowest BCUT2D eigenvalue weighted by molar-refractivity contribution is -0.158. The highest BCUT2D eigenvalue weighted by atomic mass is 35.5. The van der Waals surface area contributed by atoms with Crippen LogP contribution in [0.25, 0.3) is 10.9 Å². The van der Waals surface area contributed by atoms with E-state index < -0.39 is 25.6 Å². The van der Waals surface area contributed by atoms with Crippen molar-refractivity contribution < 1.29 is 27.3 Å². The van der Waals surface area contributed by atoms with Crippen LogP contribution in [0.1, 0.15) is 37.2 Å². The molecule has 1 aliphatic carbocycles. The van der Waals surface area contributed by atoms with Crippen LogP contribution in [0, 0.1) is 11.7 Å². The molecule has 4 fully saturated rings. The summed E-state index contributed by atoms with van der Waals surface area (Å²) in [5, 5.41) is 4.19. The quantitative estimate of drug-likeness (QED) is 0.428. The molecule has 1 unspecified atom stereocenters. The van der Waals surface area contributed by atoms with Gasteiger partial charge in [-0.1, -0.05) is 11.6 Å². The molecule has 4 aliphatic rings. The third-order valence-electron chi connectivity index (χ3n) is 7.03. The molecule has 10 heteroatoms. The van der Waals surface area contributed by atoms with E-state index in [9.17, 15) is 13.8 Å². The van der Waals surface area contributed by atoms with E-state index in [0.717, 1.165) is 29.3 Å². The molecule has 1 atom stereocenters. The van der Waals surface area contributed by atoms with E-state index >= 15 is 0 Å². The molecule has 3 aliphatic heterocycles. The smallest absolute Gasteiger partial charge is 0.323 e. The summed E-state index contributed by atoms with van der Waals surface area (Å²) in [7, 11) is -3.70. The van der Waals surface area contributed by atoms with Gasteiger partial charge in [0.25, 0.3) is 5.91 Å². The van der Waals surface area contributed by atoms with Crippen molar-refractivity contribution in [2.24, 2.45) is 5.92 Å². The summed E-state index contributed by atoms with van der Waals surface area (Å²) in [6.45, 7) is 0. The second-order valence-corrected chi connectivity index (χ2v) is 10.9. The zero-order valence-corrected chi connectivity index (χ0v) is 19.6. The van der Waals surface area contributed by atoms with Gasteiger partial charge in [0.1, 0.15) is 5.82 Å². The molecule has 7 nitrogen and oxygen atoms in total. The summed E-state index contributed by atoms with van der Waals surface area (Å²) in [5.74, 6) is -0.834. The van der Waals surface area contributed by atoms with Crippen molar-refractivity contribution in [1.82, 2.24) is 4.98 Å². The average Bonchev–Trinajstić information content (AvgIpc) is 3.30. The number of carbonyl (C=O) groups excluding carboxylic acids is 1. The van der Waals surface area contributed by atoms with E-state index in [1.54, 1.807) is 36.5 Å². The Kier molecular flexibility index (Phi) is 5.28. The Morgan fingerprint density at radius 2 is 1.82 bits per heavy atom. The molecule has 176 valence electrons. The molecule has 0 radical (unpaired) electrons. The fourth-order valence-electron chi connectivity index (χ4n) is 5.36. The standard InChI is InChI=1S/C24H21ClFN2O5P/c25-16-5-8-18(9-6-16)28-22(29)24(23-31-34(30,32-23)33-24)15-3-1-14(2-4-15)19-11-12-27-21-10-7-17(26)13-20(19)21/h5-15,23H,1-4H2,(H,28,29). The predicted octanol–water partition coefficient (Wildman–Crippen LogP) is 6.19. The number of halogens is 2. The van der Waals surface area contributed by atoms with Crippen LogP contribution >= 0.6 is 19.4 Å². The molecule has 4 heterocycles. The van der Waals surface area contributed by atoms with E-state index in [4.69, 9.17) is 25.2 Å². The van der Waals surface area contributed by atoms with Crippen LogP contribution in [0.15, 0.2) is 54.7 Å². The van der Waals surface area contributed by atoms with Gasteiger partial charge in [-0.05, 0) is 85.7 Å². The van der Waals surface area contributed by atoms with Gasteiger partial charge < -0.3 is 5.32 Å². The highest BCUT2D eigenvalue weighted by Crippen LogP contribution is 2.74. The summed E-state index contributed by atoms with van der Waals surface area (Å²) in [6.07, 6.45) is 3.48. The normalized spacial score (nSPS) is 32.4. The van der Waals surface area contributed by atoms with Crippen LogP contribution < -0.4 is 5.32 Å². The first kappa shape index (κ1) is 22.1. The Hall–Kier alpha value is -2.35. The summed E-state index contributed by atoms with van der Waals surface area (Å²) < 4.78 is 42.9. The molecule has 1 aromatic heterocycles. The molecule has 1 N–H and O–H groups in total. The molecule has 1 amide bonds. The topological polar surface area (TPSA) is 86.8 Å². The zero-order chi connectivity index (χ0) is 23.5. The molecular weight excluding hydrogens is 482 g/mol. The minimum atomic E-state index is -3.70. The summed E-state index contributed by atoms with van der Waals surface area (Å²) in [5.41, 5.74) is 0.838. The van der Waals surface area contributed by atoms with E-state index in [2.05, 4.69) is 10.3 Å². The second kappa shape index (κ2) is 8.11. The summed E-state index contributed by atoms with van der Waals surface area (Å²) in [6, 6.07) is 13.2. The average molecular weight is 503 g/mol. The number of pyridine rings is 1. The number of benzene rings is 2. The zero-order valence-electron chi connectivity index (χ0n) is 17.9. The number of anilines is 1. The van der Waals surface area contributed by atoms with Gasteiger partial charge in [-0.2, -0.15) is 0 Å². The molecule has 34 heavy (non-hydrogen) atoms. The minimum Gasteiger partial charge on any atom is -0.323 e. The van der Waals surface area contributed by atoms with Crippen LogP contribution in [-0.2, 0) is 22.9 Å².